The fourth-order valence-corrected chi connectivity index (χ4v) is 1.37. The Hall–Kier alpha value is -1.17. The predicted molar refractivity (Wildman–Crippen MR) is 48.5 cm³/mol. The van der Waals surface area contributed by atoms with Crippen LogP contribution in [-0.4, -0.2) is 19.9 Å². The zero-order valence-corrected chi connectivity index (χ0v) is 7.88. The molecule has 2 aromatic rings. The van der Waals surface area contributed by atoms with Gasteiger partial charge >= 0.3 is 0 Å². The number of halogens is 1. The third-order valence-corrected chi connectivity index (χ3v) is 1.83. The van der Waals surface area contributed by atoms with Crippen LogP contribution in [-0.2, 0) is 0 Å². The molecule has 12 heavy (non-hydrogen) atoms. The fourth-order valence-electron chi connectivity index (χ4n) is 1.01. The smallest absolute Gasteiger partial charge is 0.176 e. The van der Waals surface area contributed by atoms with Gasteiger partial charge in [-0.15, -0.1) is 0 Å². The maximum absolute atomic E-state index is 5.62. The van der Waals surface area contributed by atoms with Gasteiger partial charge in [0.15, 0.2) is 21.7 Å². The van der Waals surface area contributed by atoms with Gasteiger partial charge in [-0.2, -0.15) is 0 Å². The van der Waals surface area contributed by atoms with E-state index in [0.29, 0.717) is 27.5 Å². The third kappa shape index (κ3) is 1.04. The maximum Gasteiger partial charge on any atom is 0.176 e. The number of nitrogens with two attached hydrogens (primary N) is 1. The normalized spacial score (nSPS) is 10.8. The van der Waals surface area contributed by atoms with Gasteiger partial charge in [0.2, 0.25) is 0 Å². The minimum Gasteiger partial charge on any atom is -0.382 e. The zero-order valence-electron chi connectivity index (χ0n) is 6.30. The second-order valence-corrected chi connectivity index (χ2v) is 3.13. The number of rotatable bonds is 0. The molecule has 0 amide bonds. The summed E-state index contributed by atoms with van der Waals surface area (Å²) in [6.45, 7) is 1.78. The van der Waals surface area contributed by atoms with Crippen LogP contribution >= 0.6 is 15.9 Å². The van der Waals surface area contributed by atoms with Gasteiger partial charge in [0.25, 0.3) is 0 Å². The highest BCUT2D eigenvalue weighted by molar-refractivity contribution is 9.10. The van der Waals surface area contributed by atoms with Crippen LogP contribution in [0, 0.1) is 6.92 Å². The highest BCUT2D eigenvalue weighted by Crippen LogP contribution is 2.17. The van der Waals surface area contributed by atoms with E-state index < -0.39 is 0 Å². The molecule has 0 spiro atoms. The van der Waals surface area contributed by atoms with E-state index in [2.05, 4.69) is 35.9 Å². The summed E-state index contributed by atoms with van der Waals surface area (Å²) in [6.07, 6.45) is 0. The molecule has 6 heteroatoms. The van der Waals surface area contributed by atoms with E-state index in [9.17, 15) is 0 Å². The minimum atomic E-state index is 0.402. The molecule has 0 aliphatic heterocycles. The molecule has 2 aromatic heterocycles. The highest BCUT2D eigenvalue weighted by atomic mass is 79.9. The van der Waals surface area contributed by atoms with Crippen LogP contribution in [0.25, 0.3) is 11.2 Å². The quantitative estimate of drug-likeness (QED) is 0.659. The van der Waals surface area contributed by atoms with E-state index >= 15 is 0 Å². The monoisotopic (exact) mass is 227 g/mol. The third-order valence-electron chi connectivity index (χ3n) is 1.45. The summed E-state index contributed by atoms with van der Waals surface area (Å²) < 4.78 is 0.615. The average Bonchev–Trinajstić information content (AvgIpc) is 2.29. The number of hydrogen-bond acceptors (Lipinski definition) is 4. The molecule has 0 fully saturated rings. The van der Waals surface area contributed by atoms with Crippen LogP contribution in [0.4, 0.5) is 5.82 Å². The molecule has 0 saturated heterocycles. The maximum atomic E-state index is 5.62. The van der Waals surface area contributed by atoms with E-state index in [0.717, 1.165) is 0 Å². The Bertz CT molecular complexity index is 435. The SMILES string of the molecule is Cc1nc(N)c2nc(Br)[nH]c2n1. The topological polar surface area (TPSA) is 80.5 Å². The summed E-state index contributed by atoms with van der Waals surface area (Å²) in [5, 5.41) is 0. The van der Waals surface area contributed by atoms with Crippen molar-refractivity contribution in [2.45, 2.75) is 6.92 Å². The number of H-pyrrole nitrogens is 1. The molecule has 2 rings (SSSR count). The largest absolute Gasteiger partial charge is 0.382 e. The number of nitrogens with zero attached hydrogens (tertiary/aromatic N) is 3. The Labute approximate surface area is 76.6 Å². The molecule has 0 aromatic carbocycles. The lowest BCUT2D eigenvalue weighted by Crippen LogP contribution is -1.96. The van der Waals surface area contributed by atoms with Crippen molar-refractivity contribution >= 4 is 32.9 Å². The second kappa shape index (κ2) is 2.41. The van der Waals surface area contributed by atoms with Crippen molar-refractivity contribution in [2.24, 2.45) is 0 Å². The first kappa shape index (κ1) is 7.48. The number of aromatic nitrogens is 4. The zero-order chi connectivity index (χ0) is 8.72. The summed E-state index contributed by atoms with van der Waals surface area (Å²) in [7, 11) is 0. The van der Waals surface area contributed by atoms with Crippen molar-refractivity contribution in [3.8, 4) is 0 Å². The first-order valence-corrected chi connectivity index (χ1v) is 4.11. The van der Waals surface area contributed by atoms with Crippen molar-refractivity contribution < 1.29 is 0 Å². The van der Waals surface area contributed by atoms with E-state index in [4.69, 9.17) is 5.73 Å². The van der Waals surface area contributed by atoms with Crippen molar-refractivity contribution in [2.75, 3.05) is 5.73 Å². The van der Waals surface area contributed by atoms with E-state index in [1.165, 1.54) is 0 Å². The number of anilines is 1. The molecule has 0 aliphatic carbocycles. The Morgan fingerprint density at radius 3 is 2.83 bits per heavy atom. The van der Waals surface area contributed by atoms with Gasteiger partial charge in [-0.1, -0.05) is 0 Å². The molecule has 0 saturated carbocycles. The predicted octanol–water partition coefficient (Wildman–Crippen LogP) is 1.01. The van der Waals surface area contributed by atoms with Crippen LogP contribution in [0.15, 0.2) is 4.73 Å². The summed E-state index contributed by atoms with van der Waals surface area (Å²) in [6, 6.07) is 0. The molecule has 0 radical (unpaired) electrons. The summed E-state index contributed by atoms with van der Waals surface area (Å²) in [4.78, 5) is 15.1. The Balaban J connectivity index is 2.88. The van der Waals surface area contributed by atoms with Crippen molar-refractivity contribution in [3.63, 3.8) is 0 Å². The fraction of sp³-hybridized carbons (Fsp3) is 0.167. The molecule has 0 unspecified atom stereocenters. The number of nitrogen functional groups attached to an aromatic ring is 1. The lowest BCUT2D eigenvalue weighted by atomic mass is 10.5. The lowest BCUT2D eigenvalue weighted by molar-refractivity contribution is 1.09. The minimum absolute atomic E-state index is 0.402. The van der Waals surface area contributed by atoms with Crippen LogP contribution < -0.4 is 5.73 Å². The van der Waals surface area contributed by atoms with Crippen LogP contribution in [0.5, 0.6) is 0 Å². The van der Waals surface area contributed by atoms with E-state index in [-0.39, 0.29) is 0 Å². The van der Waals surface area contributed by atoms with Gasteiger partial charge in [-0.3, -0.25) is 0 Å². The molecular weight excluding hydrogens is 222 g/mol. The Morgan fingerprint density at radius 1 is 1.33 bits per heavy atom. The molecular formula is C6H6BrN5. The van der Waals surface area contributed by atoms with Gasteiger partial charge in [-0.05, 0) is 22.9 Å². The van der Waals surface area contributed by atoms with Crippen LogP contribution in [0.2, 0.25) is 0 Å². The number of aromatic amines is 1. The summed E-state index contributed by atoms with van der Waals surface area (Å²) >= 11 is 3.19. The number of aryl methyl sites for hydroxylation is 1. The first-order chi connectivity index (χ1) is 5.66. The molecule has 62 valence electrons. The van der Waals surface area contributed by atoms with Crippen molar-refractivity contribution in [1.82, 2.24) is 19.9 Å². The van der Waals surface area contributed by atoms with Crippen LogP contribution in [0.3, 0.4) is 0 Å². The number of nitrogens with one attached hydrogen (secondary N) is 1. The number of fused-ring (bicyclic) bond motifs is 1. The van der Waals surface area contributed by atoms with Crippen molar-refractivity contribution in [1.29, 1.82) is 0 Å². The molecule has 2 heterocycles. The van der Waals surface area contributed by atoms with Gasteiger partial charge in [0, 0.05) is 0 Å². The van der Waals surface area contributed by atoms with Gasteiger partial charge in [-0.25, -0.2) is 15.0 Å². The van der Waals surface area contributed by atoms with Gasteiger partial charge in [0.1, 0.15) is 5.82 Å². The molecule has 0 atom stereocenters. The molecule has 0 aliphatic rings. The average molecular weight is 228 g/mol. The van der Waals surface area contributed by atoms with E-state index in [1.807, 2.05) is 0 Å². The second-order valence-electron chi connectivity index (χ2n) is 2.38. The molecule has 0 bridgehead atoms. The number of hydrogen-bond donors (Lipinski definition) is 2. The van der Waals surface area contributed by atoms with Crippen molar-refractivity contribution in [3.05, 3.63) is 10.6 Å². The molecule has 5 nitrogen and oxygen atoms in total. The highest BCUT2D eigenvalue weighted by Gasteiger charge is 2.06. The lowest BCUT2D eigenvalue weighted by Gasteiger charge is -1.94. The first-order valence-electron chi connectivity index (χ1n) is 3.32. The Morgan fingerprint density at radius 2 is 2.08 bits per heavy atom. The summed E-state index contributed by atoms with van der Waals surface area (Å²) in [5.41, 5.74) is 6.88. The number of imidazole rings is 1. The van der Waals surface area contributed by atoms with Gasteiger partial charge in [0.05, 0.1) is 0 Å². The Kier molecular flexibility index (Phi) is 1.50. The molecule has 3 N–H and O–H groups in total. The standard InChI is InChI=1S/C6H6BrN5/c1-2-9-4(8)3-5(10-2)12-6(7)11-3/h1H3,(H3,8,9,10,11,12). The van der Waals surface area contributed by atoms with Crippen LogP contribution in [0.1, 0.15) is 5.82 Å². The van der Waals surface area contributed by atoms with Gasteiger partial charge < -0.3 is 10.7 Å². The van der Waals surface area contributed by atoms with E-state index in [1.54, 1.807) is 6.92 Å². The summed E-state index contributed by atoms with van der Waals surface area (Å²) in [5.74, 6) is 1.04.